The van der Waals surface area contributed by atoms with E-state index in [2.05, 4.69) is 24.4 Å². The van der Waals surface area contributed by atoms with Gasteiger partial charge in [0.25, 0.3) is 0 Å². The first-order valence-electron chi connectivity index (χ1n) is 14.2. The van der Waals surface area contributed by atoms with Crippen LogP contribution in [0.3, 0.4) is 0 Å². The number of ether oxygens (including phenoxy) is 3. The van der Waals surface area contributed by atoms with Gasteiger partial charge in [0, 0.05) is 16.5 Å². The molecule has 0 radical (unpaired) electrons. The first-order chi connectivity index (χ1) is 20.7. The molecule has 1 unspecified atom stereocenters. The summed E-state index contributed by atoms with van der Waals surface area (Å²) in [5.41, 5.74) is 5.11. The summed E-state index contributed by atoms with van der Waals surface area (Å²) in [6, 6.07) is 21.0. The van der Waals surface area contributed by atoms with Crippen LogP contribution in [0.4, 0.5) is 5.95 Å². The highest BCUT2D eigenvalue weighted by molar-refractivity contribution is 7.98. The normalized spacial score (nSPS) is 14.3. The largest absolute Gasteiger partial charge is 0.490 e. The third kappa shape index (κ3) is 7.17. The van der Waals surface area contributed by atoms with Crippen molar-refractivity contribution >= 4 is 35.3 Å². The van der Waals surface area contributed by atoms with Gasteiger partial charge in [-0.1, -0.05) is 77.5 Å². The predicted octanol–water partition coefficient (Wildman–Crippen LogP) is 7.75. The number of carbonyl (C=O) groups is 1. The van der Waals surface area contributed by atoms with E-state index in [1.165, 1.54) is 17.3 Å². The Hall–Kier alpha value is -3.95. The monoisotopic (exact) mass is 618 g/mol. The second kappa shape index (κ2) is 13.6. The molecule has 1 N–H and O–H groups in total. The van der Waals surface area contributed by atoms with Gasteiger partial charge in [0.2, 0.25) is 11.1 Å². The molecule has 1 aliphatic heterocycles. The van der Waals surface area contributed by atoms with Crippen LogP contribution in [0.2, 0.25) is 5.02 Å². The quantitative estimate of drug-likeness (QED) is 0.135. The van der Waals surface area contributed by atoms with Crippen LogP contribution in [0.15, 0.2) is 83.2 Å². The number of hydrogen-bond donors (Lipinski definition) is 1. The molecule has 5 rings (SSSR count). The zero-order valence-electron chi connectivity index (χ0n) is 24.9. The molecule has 1 aliphatic rings. The van der Waals surface area contributed by atoms with Crippen molar-refractivity contribution < 1.29 is 19.0 Å². The van der Waals surface area contributed by atoms with Crippen LogP contribution in [-0.4, -0.2) is 33.4 Å². The summed E-state index contributed by atoms with van der Waals surface area (Å²) in [5.74, 6) is 1.90. The molecule has 1 aromatic heterocycles. The van der Waals surface area contributed by atoms with Crippen LogP contribution in [0.5, 0.6) is 11.5 Å². The molecule has 0 amide bonds. The van der Waals surface area contributed by atoms with Crippen molar-refractivity contribution in [1.82, 2.24) is 14.8 Å². The lowest BCUT2D eigenvalue weighted by atomic mass is 9.95. The SMILES string of the molecule is CCOc1cc(C2C(C(=O)OC(C)C)=C(C)Nc3nc(SCc4ccccc4Cl)nn32)ccc1OCc1cccc(C)c1. The van der Waals surface area contributed by atoms with Crippen LogP contribution < -0.4 is 14.8 Å². The zero-order chi connectivity index (χ0) is 30.5. The van der Waals surface area contributed by atoms with E-state index >= 15 is 0 Å². The zero-order valence-corrected chi connectivity index (χ0v) is 26.5. The van der Waals surface area contributed by atoms with E-state index in [1.54, 1.807) is 4.68 Å². The summed E-state index contributed by atoms with van der Waals surface area (Å²) in [6.45, 7) is 10.3. The lowest BCUT2D eigenvalue weighted by Gasteiger charge is -2.29. The Morgan fingerprint density at radius 3 is 2.60 bits per heavy atom. The highest BCUT2D eigenvalue weighted by Gasteiger charge is 2.36. The third-order valence-corrected chi connectivity index (χ3v) is 8.03. The summed E-state index contributed by atoms with van der Waals surface area (Å²) in [7, 11) is 0. The number of anilines is 1. The summed E-state index contributed by atoms with van der Waals surface area (Å²) in [6.07, 6.45) is -0.288. The molecular weight excluding hydrogens is 584 g/mol. The van der Waals surface area contributed by atoms with Crippen LogP contribution in [-0.2, 0) is 21.9 Å². The van der Waals surface area contributed by atoms with Gasteiger partial charge in [-0.15, -0.1) is 5.10 Å². The minimum atomic E-state index is -0.602. The second-order valence-corrected chi connectivity index (χ2v) is 11.8. The molecule has 0 saturated carbocycles. The number of hydrogen-bond acceptors (Lipinski definition) is 8. The number of esters is 1. The van der Waals surface area contributed by atoms with Crippen molar-refractivity contribution in [3.8, 4) is 11.5 Å². The summed E-state index contributed by atoms with van der Waals surface area (Å²) < 4.78 is 19.6. The van der Waals surface area contributed by atoms with Gasteiger partial charge < -0.3 is 19.5 Å². The molecule has 2 heterocycles. The predicted molar refractivity (Wildman–Crippen MR) is 170 cm³/mol. The lowest BCUT2D eigenvalue weighted by molar-refractivity contribution is -0.143. The Bertz CT molecular complexity index is 1650. The molecule has 0 bridgehead atoms. The van der Waals surface area contributed by atoms with E-state index in [4.69, 9.17) is 35.9 Å². The molecule has 4 aromatic rings. The maximum Gasteiger partial charge on any atom is 0.338 e. The summed E-state index contributed by atoms with van der Waals surface area (Å²) in [4.78, 5) is 18.2. The first kappa shape index (κ1) is 30.5. The minimum absolute atomic E-state index is 0.288. The summed E-state index contributed by atoms with van der Waals surface area (Å²) >= 11 is 7.85. The fourth-order valence-corrected chi connectivity index (χ4v) is 5.96. The number of aryl methyl sites for hydroxylation is 1. The number of halogens is 1. The van der Waals surface area contributed by atoms with Gasteiger partial charge in [-0.2, -0.15) is 4.98 Å². The van der Waals surface area contributed by atoms with Gasteiger partial charge in [-0.25, -0.2) is 9.48 Å². The van der Waals surface area contributed by atoms with Gasteiger partial charge in [-0.3, -0.25) is 0 Å². The number of rotatable bonds is 11. The number of fused-ring (bicyclic) bond motifs is 1. The molecule has 10 heteroatoms. The van der Waals surface area contributed by atoms with E-state index in [1.807, 2.05) is 82.3 Å². The van der Waals surface area contributed by atoms with Crippen molar-refractivity contribution in [2.45, 2.75) is 64.3 Å². The number of nitrogens with one attached hydrogen (secondary N) is 1. The molecular formula is C33H35ClN4O4S. The maximum atomic E-state index is 13.5. The average molecular weight is 619 g/mol. The van der Waals surface area contributed by atoms with Crippen LogP contribution in [0, 0.1) is 6.92 Å². The molecule has 8 nitrogen and oxygen atoms in total. The molecule has 0 aliphatic carbocycles. The molecule has 0 saturated heterocycles. The Morgan fingerprint density at radius 2 is 1.86 bits per heavy atom. The Morgan fingerprint density at radius 1 is 1.05 bits per heavy atom. The molecule has 1 atom stereocenters. The van der Waals surface area contributed by atoms with E-state index in [0.717, 1.165) is 16.7 Å². The lowest BCUT2D eigenvalue weighted by Crippen LogP contribution is -2.30. The number of benzene rings is 3. The van der Waals surface area contributed by atoms with Crippen LogP contribution in [0.25, 0.3) is 0 Å². The van der Waals surface area contributed by atoms with E-state index in [9.17, 15) is 4.79 Å². The van der Waals surface area contributed by atoms with Gasteiger partial charge in [0.05, 0.1) is 18.3 Å². The van der Waals surface area contributed by atoms with Crippen molar-refractivity contribution in [1.29, 1.82) is 0 Å². The van der Waals surface area contributed by atoms with Crippen molar-refractivity contribution in [2.24, 2.45) is 0 Å². The van der Waals surface area contributed by atoms with E-state index in [-0.39, 0.29) is 6.10 Å². The molecule has 3 aromatic carbocycles. The Kier molecular flexibility index (Phi) is 9.62. The average Bonchev–Trinajstić information content (AvgIpc) is 3.37. The van der Waals surface area contributed by atoms with Gasteiger partial charge in [-0.05, 0) is 69.5 Å². The topological polar surface area (TPSA) is 87.5 Å². The highest BCUT2D eigenvalue weighted by Crippen LogP contribution is 2.40. The standard InChI is InChI=1S/C33H35ClN4O4S/c1-6-40-28-17-24(14-15-27(28)41-18-23-11-9-10-21(4)16-23)30-29(31(39)42-20(2)3)22(5)35-32-36-33(37-38(30)32)43-19-25-12-7-8-13-26(25)34/h7-17,20,30H,6,18-19H2,1-5H3,(H,35,36,37). The fourth-order valence-electron chi connectivity index (χ4n) is 4.85. The first-order valence-corrected chi connectivity index (χ1v) is 15.6. The van der Waals surface area contributed by atoms with Gasteiger partial charge >= 0.3 is 5.97 Å². The van der Waals surface area contributed by atoms with Gasteiger partial charge in [0.1, 0.15) is 12.6 Å². The number of nitrogens with zero attached hydrogens (tertiary/aromatic N) is 3. The smallest absolute Gasteiger partial charge is 0.338 e. The van der Waals surface area contributed by atoms with Crippen molar-refractivity contribution in [3.05, 3.63) is 105 Å². The van der Waals surface area contributed by atoms with E-state index < -0.39 is 12.0 Å². The second-order valence-electron chi connectivity index (χ2n) is 10.5. The number of carbonyl (C=O) groups excluding carboxylic acids is 1. The van der Waals surface area contributed by atoms with Gasteiger partial charge in [0.15, 0.2) is 11.5 Å². The molecule has 0 spiro atoms. The Labute approximate surface area is 261 Å². The van der Waals surface area contributed by atoms with E-state index in [0.29, 0.717) is 57.9 Å². The molecule has 43 heavy (non-hydrogen) atoms. The molecule has 0 fully saturated rings. The van der Waals surface area contributed by atoms with Crippen molar-refractivity contribution in [3.63, 3.8) is 0 Å². The minimum Gasteiger partial charge on any atom is -0.490 e. The number of aromatic nitrogens is 3. The summed E-state index contributed by atoms with van der Waals surface area (Å²) in [5, 5.41) is 9.34. The number of allylic oxidation sites excluding steroid dienone is 1. The van der Waals surface area contributed by atoms with Crippen LogP contribution >= 0.6 is 23.4 Å². The van der Waals surface area contributed by atoms with Crippen molar-refractivity contribution in [2.75, 3.05) is 11.9 Å². The Balaban J connectivity index is 1.50. The fraction of sp³-hybridized carbons (Fsp3) is 0.303. The van der Waals surface area contributed by atoms with Crippen LogP contribution in [0.1, 0.15) is 56.0 Å². The number of thioether (sulfide) groups is 1. The highest BCUT2D eigenvalue weighted by atomic mass is 35.5. The molecule has 224 valence electrons. The third-order valence-electron chi connectivity index (χ3n) is 6.77. The maximum absolute atomic E-state index is 13.5.